The highest BCUT2D eigenvalue weighted by atomic mass is 35.5. The summed E-state index contributed by atoms with van der Waals surface area (Å²) in [7, 11) is 0. The highest BCUT2D eigenvalue weighted by molar-refractivity contribution is 6.35. The summed E-state index contributed by atoms with van der Waals surface area (Å²) in [5, 5.41) is 19.2. The number of hydrogen-bond acceptors (Lipinski definition) is 2. The average molecular weight is 339 g/mol. The van der Waals surface area contributed by atoms with E-state index in [4.69, 9.17) is 33.4 Å². The fourth-order valence-electron chi connectivity index (χ4n) is 2.12. The highest BCUT2D eigenvalue weighted by Crippen LogP contribution is 2.26. The van der Waals surface area contributed by atoms with E-state index >= 15 is 0 Å². The lowest BCUT2D eigenvalue weighted by molar-refractivity contribution is 0.0696. The number of carboxylic acids is 2. The third-order valence-electron chi connectivity index (χ3n) is 3.21. The molecule has 2 rings (SSSR count). The van der Waals surface area contributed by atoms with E-state index < -0.39 is 11.9 Å². The lowest BCUT2D eigenvalue weighted by atomic mass is 9.99. The van der Waals surface area contributed by atoms with Gasteiger partial charge >= 0.3 is 11.9 Å². The Morgan fingerprint density at radius 2 is 1.36 bits per heavy atom. The molecule has 0 bridgehead atoms. The summed E-state index contributed by atoms with van der Waals surface area (Å²) in [6.45, 7) is 0. The Bertz CT molecular complexity index is 688. The van der Waals surface area contributed by atoms with Gasteiger partial charge in [-0.2, -0.15) is 0 Å². The topological polar surface area (TPSA) is 74.6 Å². The molecule has 6 heteroatoms. The number of aryl methyl sites for hydroxylation is 1. The van der Waals surface area contributed by atoms with Gasteiger partial charge in [0.1, 0.15) is 0 Å². The molecule has 0 fully saturated rings. The second-order valence-electron chi connectivity index (χ2n) is 4.73. The largest absolute Gasteiger partial charge is 0.478 e. The zero-order valence-corrected chi connectivity index (χ0v) is 12.9. The smallest absolute Gasteiger partial charge is 0.335 e. The molecule has 2 aromatic rings. The van der Waals surface area contributed by atoms with E-state index in [0.29, 0.717) is 28.5 Å². The minimum Gasteiger partial charge on any atom is -0.478 e. The van der Waals surface area contributed by atoms with Gasteiger partial charge in [0.15, 0.2) is 0 Å². The minimum atomic E-state index is -1.17. The van der Waals surface area contributed by atoms with Crippen LogP contribution in [0.25, 0.3) is 0 Å². The summed E-state index contributed by atoms with van der Waals surface area (Å²) in [4.78, 5) is 22.2. The number of benzene rings is 2. The first-order valence-corrected chi connectivity index (χ1v) is 7.17. The van der Waals surface area contributed by atoms with Gasteiger partial charge in [-0.05, 0) is 54.3 Å². The maximum absolute atomic E-state index is 11.1. The van der Waals surface area contributed by atoms with Crippen molar-refractivity contribution in [3.63, 3.8) is 0 Å². The van der Waals surface area contributed by atoms with Crippen LogP contribution < -0.4 is 0 Å². The van der Waals surface area contributed by atoms with Crippen molar-refractivity contribution in [1.82, 2.24) is 0 Å². The molecule has 0 aromatic heterocycles. The second kappa shape index (κ2) is 6.81. The third-order valence-corrected chi connectivity index (χ3v) is 3.92. The molecular formula is C16H12Cl2O4. The van der Waals surface area contributed by atoms with Crippen molar-refractivity contribution in [1.29, 1.82) is 0 Å². The third kappa shape index (κ3) is 3.78. The van der Waals surface area contributed by atoms with Gasteiger partial charge in [0.05, 0.1) is 11.1 Å². The van der Waals surface area contributed by atoms with E-state index in [2.05, 4.69) is 0 Å². The standard InChI is InChI=1S/C16H12Cl2O4/c17-13-2-1-3-14(18)12(13)5-4-9-6-10(15(19)20)8-11(7-9)16(21)22/h1-3,6-8H,4-5H2,(H,19,20)(H,21,22). The highest BCUT2D eigenvalue weighted by Gasteiger charge is 2.12. The number of hydrogen-bond donors (Lipinski definition) is 2. The Balaban J connectivity index is 2.29. The molecule has 0 aliphatic rings. The maximum Gasteiger partial charge on any atom is 0.335 e. The molecule has 0 atom stereocenters. The summed E-state index contributed by atoms with van der Waals surface area (Å²) in [5.41, 5.74) is 1.25. The lowest BCUT2D eigenvalue weighted by Gasteiger charge is -2.08. The molecule has 4 nitrogen and oxygen atoms in total. The zero-order chi connectivity index (χ0) is 16.3. The second-order valence-corrected chi connectivity index (χ2v) is 5.54. The van der Waals surface area contributed by atoms with Crippen LogP contribution >= 0.6 is 23.2 Å². The zero-order valence-electron chi connectivity index (χ0n) is 11.3. The van der Waals surface area contributed by atoms with Gasteiger partial charge < -0.3 is 10.2 Å². The number of carboxylic acid groups (broad SMARTS) is 2. The Morgan fingerprint density at radius 3 is 1.82 bits per heavy atom. The first kappa shape index (κ1) is 16.3. The van der Waals surface area contributed by atoms with Crippen molar-refractivity contribution in [3.8, 4) is 0 Å². The Kier molecular flexibility index (Phi) is 5.06. The molecule has 114 valence electrons. The molecule has 0 heterocycles. The van der Waals surface area contributed by atoms with Gasteiger partial charge in [0.2, 0.25) is 0 Å². The lowest BCUT2D eigenvalue weighted by Crippen LogP contribution is -2.05. The van der Waals surface area contributed by atoms with E-state index in [1.165, 1.54) is 12.1 Å². The Morgan fingerprint density at radius 1 is 0.864 bits per heavy atom. The van der Waals surface area contributed by atoms with Gasteiger partial charge in [-0.1, -0.05) is 29.3 Å². The van der Waals surface area contributed by atoms with Gasteiger partial charge in [-0.15, -0.1) is 0 Å². The SMILES string of the molecule is O=C(O)c1cc(CCc2c(Cl)cccc2Cl)cc(C(=O)O)c1. The molecule has 0 aliphatic carbocycles. The van der Waals surface area contributed by atoms with E-state index in [0.717, 1.165) is 11.6 Å². The van der Waals surface area contributed by atoms with Gasteiger partial charge in [-0.3, -0.25) is 0 Å². The monoisotopic (exact) mass is 338 g/mol. The van der Waals surface area contributed by atoms with Crippen LogP contribution in [0.15, 0.2) is 36.4 Å². The summed E-state index contributed by atoms with van der Waals surface area (Å²) in [6.07, 6.45) is 0.922. The van der Waals surface area contributed by atoms with Crippen molar-refractivity contribution in [2.24, 2.45) is 0 Å². The fraction of sp³-hybridized carbons (Fsp3) is 0.125. The first-order chi connectivity index (χ1) is 10.4. The molecule has 0 saturated heterocycles. The molecule has 0 saturated carbocycles. The first-order valence-electron chi connectivity index (χ1n) is 6.42. The quantitative estimate of drug-likeness (QED) is 0.857. The van der Waals surface area contributed by atoms with Crippen LogP contribution in [-0.2, 0) is 12.8 Å². The molecule has 2 aromatic carbocycles. The summed E-state index contributed by atoms with van der Waals surface area (Å²) in [6, 6.07) is 9.23. The molecule has 2 N–H and O–H groups in total. The summed E-state index contributed by atoms with van der Waals surface area (Å²) < 4.78 is 0. The number of halogens is 2. The molecule has 0 radical (unpaired) electrons. The minimum absolute atomic E-state index is 0.0554. The molecule has 0 amide bonds. The molecule has 0 unspecified atom stereocenters. The number of aromatic carboxylic acids is 2. The van der Waals surface area contributed by atoms with E-state index in [9.17, 15) is 9.59 Å². The van der Waals surface area contributed by atoms with Crippen molar-refractivity contribution in [3.05, 3.63) is 68.7 Å². The van der Waals surface area contributed by atoms with Gasteiger partial charge in [0.25, 0.3) is 0 Å². The summed E-state index contributed by atoms with van der Waals surface area (Å²) in [5.74, 6) is -2.33. The van der Waals surface area contributed by atoms with Gasteiger partial charge in [-0.25, -0.2) is 9.59 Å². The van der Waals surface area contributed by atoms with Crippen LogP contribution in [0.5, 0.6) is 0 Å². The summed E-state index contributed by atoms with van der Waals surface area (Å²) >= 11 is 12.2. The molecular weight excluding hydrogens is 327 g/mol. The fourth-order valence-corrected chi connectivity index (χ4v) is 2.71. The predicted octanol–water partition coefficient (Wildman–Crippen LogP) is 4.18. The van der Waals surface area contributed by atoms with Crippen LogP contribution in [0.2, 0.25) is 10.0 Å². The van der Waals surface area contributed by atoms with Crippen LogP contribution in [-0.4, -0.2) is 22.2 Å². The Hall–Kier alpha value is -2.04. The van der Waals surface area contributed by atoms with Crippen molar-refractivity contribution < 1.29 is 19.8 Å². The molecule has 0 spiro atoms. The Labute approximate surface area is 136 Å². The van der Waals surface area contributed by atoms with Crippen LogP contribution in [0.1, 0.15) is 31.8 Å². The number of carbonyl (C=O) groups is 2. The van der Waals surface area contributed by atoms with E-state index in [-0.39, 0.29) is 11.1 Å². The van der Waals surface area contributed by atoms with Crippen LogP contribution in [0.3, 0.4) is 0 Å². The maximum atomic E-state index is 11.1. The van der Waals surface area contributed by atoms with Gasteiger partial charge in [0, 0.05) is 10.0 Å². The van der Waals surface area contributed by atoms with Crippen LogP contribution in [0.4, 0.5) is 0 Å². The normalized spacial score (nSPS) is 10.5. The van der Waals surface area contributed by atoms with Crippen molar-refractivity contribution in [2.75, 3.05) is 0 Å². The average Bonchev–Trinajstić information content (AvgIpc) is 2.46. The van der Waals surface area contributed by atoms with E-state index in [1.54, 1.807) is 18.2 Å². The molecule has 22 heavy (non-hydrogen) atoms. The van der Waals surface area contributed by atoms with Crippen LogP contribution in [0, 0.1) is 0 Å². The van der Waals surface area contributed by atoms with E-state index in [1.807, 2.05) is 0 Å². The van der Waals surface area contributed by atoms with Crippen molar-refractivity contribution in [2.45, 2.75) is 12.8 Å². The van der Waals surface area contributed by atoms with Crippen molar-refractivity contribution >= 4 is 35.1 Å². The number of rotatable bonds is 5. The molecule has 0 aliphatic heterocycles. The predicted molar refractivity (Wildman–Crippen MR) is 84.2 cm³/mol.